The Morgan fingerprint density at radius 2 is 1.62 bits per heavy atom. The lowest BCUT2D eigenvalue weighted by molar-refractivity contribution is -0.0565. The van der Waals surface area contributed by atoms with Gasteiger partial charge in [0.15, 0.2) is 11.5 Å². The fraction of sp³-hybridized carbons (Fsp3) is 0.750. The first-order valence-corrected chi connectivity index (χ1v) is 11.4. The molecule has 3 rings (SSSR count). The molecule has 1 aliphatic heterocycles. The zero-order chi connectivity index (χ0) is 20.6. The Morgan fingerprint density at radius 1 is 0.931 bits per heavy atom. The number of halogens is 2. The minimum atomic E-state index is -1.01. The number of unbranched alkanes of at least 4 members (excludes halogenated alkanes) is 2. The van der Waals surface area contributed by atoms with Gasteiger partial charge in [0.1, 0.15) is 6.61 Å². The summed E-state index contributed by atoms with van der Waals surface area (Å²) in [6, 6.07) is 2.78. The predicted molar refractivity (Wildman–Crippen MR) is 110 cm³/mol. The van der Waals surface area contributed by atoms with Crippen molar-refractivity contribution in [3.05, 3.63) is 23.8 Å². The first-order chi connectivity index (χ1) is 14.1. The van der Waals surface area contributed by atoms with Crippen LogP contribution in [0.25, 0.3) is 0 Å². The lowest BCUT2D eigenvalue weighted by Crippen LogP contribution is -2.35. The summed E-state index contributed by atoms with van der Waals surface area (Å²) >= 11 is 0. The highest BCUT2D eigenvalue weighted by molar-refractivity contribution is 5.34. The van der Waals surface area contributed by atoms with Crippen molar-refractivity contribution in [2.45, 2.75) is 77.2 Å². The number of benzene rings is 1. The van der Waals surface area contributed by atoms with Gasteiger partial charge in [-0.2, -0.15) is 8.78 Å². The first kappa shape index (κ1) is 22.3. The lowest BCUT2D eigenvalue weighted by Gasteiger charge is -2.37. The van der Waals surface area contributed by atoms with Gasteiger partial charge in [0.05, 0.1) is 19.8 Å². The number of rotatable bonds is 9. The van der Waals surface area contributed by atoms with E-state index in [9.17, 15) is 8.78 Å². The summed E-state index contributed by atoms with van der Waals surface area (Å²) in [5.41, 5.74) is 0. The molecule has 0 radical (unpaired) electrons. The molecule has 1 saturated heterocycles. The molecule has 1 aromatic carbocycles. The molecule has 1 saturated carbocycles. The van der Waals surface area contributed by atoms with Crippen LogP contribution in [0.1, 0.15) is 71.1 Å². The molecular weight excluding hydrogens is 374 g/mol. The van der Waals surface area contributed by atoms with E-state index in [1.807, 2.05) is 0 Å². The fourth-order valence-corrected chi connectivity index (χ4v) is 4.93. The standard InChI is InChI=1S/C24H36F2O3/c1-3-4-5-6-17-7-9-18(10-8-17)19-11-12-20(28-15-19)16-29-22-14-13-21(27-2)23(25)24(22)26/h13-14,17-20H,3-12,15-16H2,1-2H3. The molecule has 2 unspecified atom stereocenters. The first-order valence-electron chi connectivity index (χ1n) is 11.4. The van der Waals surface area contributed by atoms with Crippen molar-refractivity contribution < 1.29 is 23.0 Å². The van der Waals surface area contributed by atoms with Crippen LogP contribution in [0, 0.1) is 29.4 Å². The number of hydrogen-bond acceptors (Lipinski definition) is 3. The third kappa shape index (κ3) is 6.07. The van der Waals surface area contributed by atoms with E-state index in [-0.39, 0.29) is 24.2 Å². The number of methoxy groups -OCH3 is 1. The molecule has 0 spiro atoms. The normalized spacial score (nSPS) is 27.6. The van der Waals surface area contributed by atoms with Crippen LogP contribution < -0.4 is 9.47 Å². The molecule has 1 aliphatic carbocycles. The van der Waals surface area contributed by atoms with Gasteiger partial charge in [-0.15, -0.1) is 0 Å². The molecule has 0 aromatic heterocycles. The van der Waals surface area contributed by atoms with E-state index < -0.39 is 11.6 Å². The van der Waals surface area contributed by atoms with Gasteiger partial charge in [0.25, 0.3) is 0 Å². The van der Waals surface area contributed by atoms with Crippen LogP contribution in [-0.2, 0) is 4.74 Å². The quantitative estimate of drug-likeness (QED) is 0.433. The highest BCUT2D eigenvalue weighted by Gasteiger charge is 2.31. The van der Waals surface area contributed by atoms with Gasteiger partial charge in [0, 0.05) is 0 Å². The molecule has 2 atom stereocenters. The third-order valence-corrected chi connectivity index (χ3v) is 6.84. The van der Waals surface area contributed by atoms with E-state index >= 15 is 0 Å². The Morgan fingerprint density at radius 3 is 2.28 bits per heavy atom. The van der Waals surface area contributed by atoms with E-state index in [2.05, 4.69) is 6.92 Å². The van der Waals surface area contributed by atoms with Gasteiger partial charge < -0.3 is 14.2 Å². The molecular formula is C24H36F2O3. The molecule has 1 heterocycles. The van der Waals surface area contributed by atoms with Gasteiger partial charge in [-0.3, -0.25) is 0 Å². The van der Waals surface area contributed by atoms with Crippen LogP contribution in [-0.4, -0.2) is 26.4 Å². The summed E-state index contributed by atoms with van der Waals surface area (Å²) in [6.07, 6.45) is 12.9. The SMILES string of the molecule is CCCCCC1CCC(C2CCC(COc3ccc(OC)c(F)c3F)OC2)CC1. The predicted octanol–water partition coefficient (Wildman–Crippen LogP) is 6.53. The molecule has 3 nitrogen and oxygen atoms in total. The molecule has 0 N–H and O–H groups in total. The molecule has 0 amide bonds. The highest BCUT2D eigenvalue weighted by Crippen LogP contribution is 2.39. The van der Waals surface area contributed by atoms with Crippen molar-refractivity contribution in [3.63, 3.8) is 0 Å². The van der Waals surface area contributed by atoms with Gasteiger partial charge in [0.2, 0.25) is 11.6 Å². The monoisotopic (exact) mass is 410 g/mol. The van der Waals surface area contributed by atoms with Crippen molar-refractivity contribution in [3.8, 4) is 11.5 Å². The average molecular weight is 411 g/mol. The summed E-state index contributed by atoms with van der Waals surface area (Å²) in [7, 11) is 1.31. The summed E-state index contributed by atoms with van der Waals surface area (Å²) in [5.74, 6) is 0.129. The second kappa shape index (κ2) is 11.1. The van der Waals surface area contributed by atoms with Crippen LogP contribution in [0.2, 0.25) is 0 Å². The van der Waals surface area contributed by atoms with Crippen molar-refractivity contribution in [2.75, 3.05) is 20.3 Å². The van der Waals surface area contributed by atoms with Crippen molar-refractivity contribution in [1.29, 1.82) is 0 Å². The maximum atomic E-state index is 14.0. The van der Waals surface area contributed by atoms with E-state index in [1.165, 1.54) is 70.6 Å². The van der Waals surface area contributed by atoms with Crippen LogP contribution in [0.3, 0.4) is 0 Å². The summed E-state index contributed by atoms with van der Waals surface area (Å²) < 4.78 is 44.1. The molecule has 29 heavy (non-hydrogen) atoms. The van der Waals surface area contributed by atoms with Gasteiger partial charge in [-0.05, 0) is 55.6 Å². The van der Waals surface area contributed by atoms with Crippen LogP contribution in [0.4, 0.5) is 8.78 Å². The maximum Gasteiger partial charge on any atom is 0.204 e. The Kier molecular flexibility index (Phi) is 8.58. The Hall–Kier alpha value is -1.36. The summed E-state index contributed by atoms with van der Waals surface area (Å²) in [6.45, 7) is 3.28. The topological polar surface area (TPSA) is 27.7 Å². The van der Waals surface area contributed by atoms with E-state index in [1.54, 1.807) is 0 Å². The van der Waals surface area contributed by atoms with Crippen molar-refractivity contribution >= 4 is 0 Å². The van der Waals surface area contributed by atoms with Gasteiger partial charge in [-0.25, -0.2) is 0 Å². The summed E-state index contributed by atoms with van der Waals surface area (Å²) in [4.78, 5) is 0. The maximum absolute atomic E-state index is 14.0. The number of ether oxygens (including phenoxy) is 3. The van der Waals surface area contributed by atoms with Crippen LogP contribution >= 0.6 is 0 Å². The van der Waals surface area contributed by atoms with Crippen molar-refractivity contribution in [2.24, 2.45) is 17.8 Å². The zero-order valence-electron chi connectivity index (χ0n) is 17.9. The Labute approximate surface area is 174 Å². The number of hydrogen-bond donors (Lipinski definition) is 0. The molecule has 2 aliphatic rings. The summed E-state index contributed by atoms with van der Waals surface area (Å²) in [5, 5.41) is 0. The van der Waals surface area contributed by atoms with E-state index in [4.69, 9.17) is 14.2 Å². The lowest BCUT2D eigenvalue weighted by atomic mass is 9.73. The third-order valence-electron chi connectivity index (χ3n) is 6.84. The van der Waals surface area contributed by atoms with Crippen LogP contribution in [0.15, 0.2) is 12.1 Å². The largest absolute Gasteiger partial charge is 0.494 e. The smallest absolute Gasteiger partial charge is 0.204 e. The van der Waals surface area contributed by atoms with Crippen LogP contribution in [0.5, 0.6) is 11.5 Å². The molecule has 0 bridgehead atoms. The van der Waals surface area contributed by atoms with E-state index in [0.29, 0.717) is 5.92 Å². The second-order valence-corrected chi connectivity index (χ2v) is 8.77. The van der Waals surface area contributed by atoms with E-state index in [0.717, 1.165) is 31.3 Å². The van der Waals surface area contributed by atoms with Gasteiger partial charge >= 0.3 is 0 Å². The zero-order valence-corrected chi connectivity index (χ0v) is 17.9. The minimum absolute atomic E-state index is 0.0544. The molecule has 1 aromatic rings. The highest BCUT2D eigenvalue weighted by atomic mass is 19.2. The van der Waals surface area contributed by atoms with Crippen molar-refractivity contribution in [1.82, 2.24) is 0 Å². The Balaban J connectivity index is 1.37. The molecule has 164 valence electrons. The molecule has 2 fully saturated rings. The average Bonchev–Trinajstić information content (AvgIpc) is 2.76. The molecule has 5 heteroatoms. The second-order valence-electron chi connectivity index (χ2n) is 8.77. The minimum Gasteiger partial charge on any atom is -0.494 e. The van der Waals surface area contributed by atoms with Gasteiger partial charge in [-0.1, -0.05) is 45.4 Å². The Bertz CT molecular complexity index is 621. The fourth-order valence-electron chi connectivity index (χ4n) is 4.93.